The molecule has 4 rings (SSSR count). The molecule has 7 heteroatoms. The highest BCUT2D eigenvalue weighted by Crippen LogP contribution is 2.29. The SMILES string of the molecule is Cc1[nH]c(=S)[nH]c(=O)c1CCC(=O)N1CC=C(c2c[nH]c3ccccc23)CC1. The van der Waals surface area contributed by atoms with Gasteiger partial charge in [-0.25, -0.2) is 0 Å². The fourth-order valence-corrected chi connectivity index (χ4v) is 4.04. The third-order valence-electron chi connectivity index (χ3n) is 5.34. The molecule has 3 heterocycles. The van der Waals surface area contributed by atoms with Crippen LogP contribution in [0.4, 0.5) is 0 Å². The highest BCUT2D eigenvalue weighted by Gasteiger charge is 2.20. The van der Waals surface area contributed by atoms with Gasteiger partial charge in [0.15, 0.2) is 4.77 Å². The zero-order chi connectivity index (χ0) is 19.7. The summed E-state index contributed by atoms with van der Waals surface area (Å²) in [5.41, 5.74) is 4.71. The quantitative estimate of drug-likeness (QED) is 0.593. The van der Waals surface area contributed by atoms with E-state index in [1.807, 2.05) is 30.2 Å². The van der Waals surface area contributed by atoms with E-state index in [4.69, 9.17) is 12.2 Å². The number of aromatic nitrogens is 3. The molecule has 1 aliphatic heterocycles. The number of nitrogens with one attached hydrogen (secondary N) is 3. The van der Waals surface area contributed by atoms with Gasteiger partial charge in [0.05, 0.1) is 0 Å². The first kappa shape index (κ1) is 18.4. The van der Waals surface area contributed by atoms with E-state index in [0.29, 0.717) is 36.3 Å². The number of hydrogen-bond acceptors (Lipinski definition) is 3. The Hall–Kier alpha value is -2.93. The molecule has 0 unspecified atom stereocenters. The molecular weight excluding hydrogens is 372 g/mol. The Morgan fingerprint density at radius 1 is 1.25 bits per heavy atom. The van der Waals surface area contributed by atoms with E-state index < -0.39 is 0 Å². The van der Waals surface area contributed by atoms with Crippen molar-refractivity contribution >= 4 is 34.6 Å². The molecule has 28 heavy (non-hydrogen) atoms. The summed E-state index contributed by atoms with van der Waals surface area (Å²) in [5, 5.41) is 1.21. The number of nitrogens with zero attached hydrogens (tertiary/aromatic N) is 1. The summed E-state index contributed by atoms with van der Waals surface area (Å²) in [6, 6.07) is 8.24. The molecule has 1 amide bonds. The minimum Gasteiger partial charge on any atom is -0.361 e. The van der Waals surface area contributed by atoms with Crippen molar-refractivity contribution in [2.24, 2.45) is 0 Å². The Kier molecular flexibility index (Phi) is 5.00. The fourth-order valence-electron chi connectivity index (χ4n) is 3.79. The van der Waals surface area contributed by atoms with E-state index in [0.717, 1.165) is 17.6 Å². The van der Waals surface area contributed by atoms with Crippen molar-refractivity contribution in [2.45, 2.75) is 26.2 Å². The summed E-state index contributed by atoms with van der Waals surface area (Å²) in [6.45, 7) is 3.10. The topological polar surface area (TPSA) is 84.8 Å². The lowest BCUT2D eigenvalue weighted by molar-refractivity contribution is -0.130. The van der Waals surface area contributed by atoms with Crippen LogP contribution in [0.5, 0.6) is 0 Å². The Morgan fingerprint density at radius 2 is 2.07 bits per heavy atom. The largest absolute Gasteiger partial charge is 0.361 e. The standard InChI is InChI=1S/C21H22N4O2S/c1-13-15(20(27)24-21(28)23-13)6-7-19(26)25-10-8-14(9-11-25)17-12-22-18-5-3-2-4-16(17)18/h2-5,8,12,22H,6-7,9-11H2,1H3,(H2,23,24,27,28). The molecule has 0 radical (unpaired) electrons. The molecule has 6 nitrogen and oxygen atoms in total. The lowest BCUT2D eigenvalue weighted by Crippen LogP contribution is -2.35. The van der Waals surface area contributed by atoms with Gasteiger partial charge in [-0.1, -0.05) is 24.3 Å². The first-order valence-electron chi connectivity index (χ1n) is 9.38. The van der Waals surface area contributed by atoms with Crippen LogP contribution in [0.1, 0.15) is 29.7 Å². The van der Waals surface area contributed by atoms with E-state index in [2.05, 4.69) is 33.2 Å². The monoisotopic (exact) mass is 394 g/mol. The molecule has 0 saturated heterocycles. The number of rotatable bonds is 4. The number of carbonyl (C=O) groups is 1. The summed E-state index contributed by atoms with van der Waals surface area (Å²) in [4.78, 5) is 35.4. The molecule has 0 bridgehead atoms. The second-order valence-electron chi connectivity index (χ2n) is 7.08. The lowest BCUT2D eigenvalue weighted by Gasteiger charge is -2.26. The number of hydrogen-bond donors (Lipinski definition) is 3. The van der Waals surface area contributed by atoms with Gasteiger partial charge in [0.1, 0.15) is 0 Å². The molecule has 144 valence electrons. The van der Waals surface area contributed by atoms with E-state index in [1.165, 1.54) is 16.5 Å². The minimum atomic E-state index is -0.214. The fraction of sp³-hybridized carbons (Fsp3) is 0.286. The van der Waals surface area contributed by atoms with Crippen molar-refractivity contribution in [1.29, 1.82) is 0 Å². The number of carbonyl (C=O) groups excluding carboxylic acids is 1. The normalized spacial score (nSPS) is 14.3. The van der Waals surface area contributed by atoms with Crippen molar-refractivity contribution in [2.75, 3.05) is 13.1 Å². The van der Waals surface area contributed by atoms with Crippen LogP contribution in [0.15, 0.2) is 41.3 Å². The Balaban J connectivity index is 1.43. The number of para-hydroxylation sites is 1. The van der Waals surface area contributed by atoms with Crippen LogP contribution < -0.4 is 5.56 Å². The average molecular weight is 395 g/mol. The second-order valence-corrected chi connectivity index (χ2v) is 7.49. The van der Waals surface area contributed by atoms with Gasteiger partial charge in [0, 0.05) is 53.4 Å². The maximum atomic E-state index is 12.6. The maximum absolute atomic E-state index is 12.6. The van der Waals surface area contributed by atoms with E-state index in [1.54, 1.807) is 0 Å². The molecule has 3 aromatic rings. The van der Waals surface area contributed by atoms with Crippen molar-refractivity contribution in [3.63, 3.8) is 0 Å². The highest BCUT2D eigenvalue weighted by molar-refractivity contribution is 7.71. The number of H-pyrrole nitrogens is 3. The van der Waals surface area contributed by atoms with Gasteiger partial charge >= 0.3 is 0 Å². The molecule has 0 fully saturated rings. The summed E-state index contributed by atoms with van der Waals surface area (Å²) >= 11 is 4.96. The summed E-state index contributed by atoms with van der Waals surface area (Å²) < 4.78 is 0.309. The molecular formula is C21H22N4O2S. The molecule has 2 aromatic heterocycles. The zero-order valence-electron chi connectivity index (χ0n) is 15.7. The molecule has 1 aromatic carbocycles. The number of benzene rings is 1. The van der Waals surface area contributed by atoms with Crippen molar-refractivity contribution < 1.29 is 4.79 Å². The van der Waals surface area contributed by atoms with Gasteiger partial charge < -0.3 is 14.9 Å². The van der Waals surface area contributed by atoms with Gasteiger partial charge in [0.2, 0.25) is 5.91 Å². The summed E-state index contributed by atoms with van der Waals surface area (Å²) in [5.74, 6) is 0.0653. The van der Waals surface area contributed by atoms with Crippen LogP contribution in [0.2, 0.25) is 0 Å². The smallest absolute Gasteiger partial charge is 0.255 e. The molecule has 0 atom stereocenters. The van der Waals surface area contributed by atoms with Gasteiger partial charge in [-0.05, 0) is 43.6 Å². The lowest BCUT2D eigenvalue weighted by atomic mass is 9.98. The van der Waals surface area contributed by atoms with Gasteiger partial charge in [0.25, 0.3) is 5.56 Å². The van der Waals surface area contributed by atoms with E-state index in [-0.39, 0.29) is 11.5 Å². The third-order valence-corrected chi connectivity index (χ3v) is 5.54. The van der Waals surface area contributed by atoms with Crippen molar-refractivity contribution in [3.05, 3.63) is 68.5 Å². The second kappa shape index (κ2) is 7.59. The van der Waals surface area contributed by atoms with E-state index in [9.17, 15) is 9.59 Å². The summed E-state index contributed by atoms with van der Waals surface area (Å²) in [7, 11) is 0. The van der Waals surface area contributed by atoms with Gasteiger partial charge in [-0.2, -0.15) is 0 Å². The number of fused-ring (bicyclic) bond motifs is 1. The minimum absolute atomic E-state index is 0.0653. The third kappa shape index (κ3) is 3.57. The Labute approximate surface area is 167 Å². The van der Waals surface area contributed by atoms with Crippen LogP contribution in [0.3, 0.4) is 0 Å². The predicted octanol–water partition coefficient (Wildman–Crippen LogP) is 3.47. The molecule has 0 aliphatic carbocycles. The van der Waals surface area contributed by atoms with Crippen molar-refractivity contribution in [1.82, 2.24) is 19.9 Å². The molecule has 1 aliphatic rings. The van der Waals surface area contributed by atoms with Crippen LogP contribution in [0.25, 0.3) is 16.5 Å². The summed E-state index contributed by atoms with van der Waals surface area (Å²) in [6.07, 6.45) is 5.72. The molecule has 0 spiro atoms. The number of aromatic amines is 3. The van der Waals surface area contributed by atoms with Crippen molar-refractivity contribution in [3.8, 4) is 0 Å². The van der Waals surface area contributed by atoms with Crippen LogP contribution in [-0.4, -0.2) is 38.8 Å². The number of aryl methyl sites for hydroxylation is 1. The van der Waals surface area contributed by atoms with Crippen LogP contribution >= 0.6 is 12.2 Å². The number of amides is 1. The highest BCUT2D eigenvalue weighted by atomic mass is 32.1. The first-order chi connectivity index (χ1) is 13.5. The first-order valence-corrected chi connectivity index (χ1v) is 9.79. The van der Waals surface area contributed by atoms with E-state index >= 15 is 0 Å². The van der Waals surface area contributed by atoms with Gasteiger partial charge in [-0.15, -0.1) is 0 Å². The van der Waals surface area contributed by atoms with Crippen LogP contribution in [0, 0.1) is 11.7 Å². The Bertz CT molecular complexity index is 1180. The Morgan fingerprint density at radius 3 is 2.82 bits per heavy atom. The molecule has 3 N–H and O–H groups in total. The van der Waals surface area contributed by atoms with Gasteiger partial charge in [-0.3, -0.25) is 14.6 Å². The zero-order valence-corrected chi connectivity index (χ0v) is 16.5. The molecule has 0 saturated carbocycles. The maximum Gasteiger partial charge on any atom is 0.255 e. The average Bonchev–Trinajstić information content (AvgIpc) is 3.11. The predicted molar refractivity (Wildman–Crippen MR) is 113 cm³/mol. The van der Waals surface area contributed by atoms with Crippen LogP contribution in [-0.2, 0) is 11.2 Å².